The largest absolute Gasteiger partial charge is 0.330 e. The number of rotatable bonds is 2. The summed E-state index contributed by atoms with van der Waals surface area (Å²) < 4.78 is 23.6. The fourth-order valence-electron chi connectivity index (χ4n) is 2.15. The topological polar surface area (TPSA) is 60.2 Å². The molecule has 1 heterocycles. The highest BCUT2D eigenvalue weighted by Gasteiger charge is 2.33. The number of aryl methyl sites for hydroxylation is 1. The quantitative estimate of drug-likeness (QED) is 0.823. The molecular formula is C11H15NO2S. The summed E-state index contributed by atoms with van der Waals surface area (Å²) in [5.41, 5.74) is 7.56. The van der Waals surface area contributed by atoms with Gasteiger partial charge < -0.3 is 5.73 Å². The minimum atomic E-state index is -3.05. The van der Waals surface area contributed by atoms with Gasteiger partial charge in [0.25, 0.3) is 0 Å². The van der Waals surface area contributed by atoms with Crippen molar-refractivity contribution in [2.75, 3.05) is 12.3 Å². The zero-order valence-electron chi connectivity index (χ0n) is 8.73. The molecular weight excluding hydrogens is 210 g/mol. The van der Waals surface area contributed by atoms with Crippen molar-refractivity contribution in [3.8, 4) is 0 Å². The normalized spacial score (nSPS) is 22.7. The molecule has 15 heavy (non-hydrogen) atoms. The van der Waals surface area contributed by atoms with E-state index in [2.05, 4.69) is 0 Å². The predicted octanol–water partition coefficient (Wildman–Crippen LogP) is 1.21. The zero-order valence-corrected chi connectivity index (χ0v) is 9.55. The summed E-state index contributed by atoms with van der Waals surface area (Å²) >= 11 is 0. The third-order valence-corrected chi connectivity index (χ3v) is 4.76. The van der Waals surface area contributed by atoms with Gasteiger partial charge in [0.15, 0.2) is 9.84 Å². The SMILES string of the molecule is Cc1ccc2c(c1)C(CCN)CS2(=O)=O. The van der Waals surface area contributed by atoms with Gasteiger partial charge in [-0.2, -0.15) is 0 Å². The van der Waals surface area contributed by atoms with Crippen molar-refractivity contribution in [3.63, 3.8) is 0 Å². The Bertz CT molecular complexity index is 479. The molecule has 1 unspecified atom stereocenters. The van der Waals surface area contributed by atoms with E-state index in [4.69, 9.17) is 5.73 Å². The lowest BCUT2D eigenvalue weighted by Gasteiger charge is -2.07. The van der Waals surface area contributed by atoms with Crippen LogP contribution in [-0.2, 0) is 9.84 Å². The number of benzene rings is 1. The molecule has 1 aliphatic heterocycles. The third-order valence-electron chi connectivity index (χ3n) is 2.88. The monoisotopic (exact) mass is 225 g/mol. The average Bonchev–Trinajstić information content (AvgIpc) is 2.39. The standard InChI is InChI=1S/C11H15NO2S/c1-8-2-3-11-10(6-8)9(4-5-12)7-15(11,13)14/h2-3,6,9H,4-5,7,12H2,1H3. The molecule has 82 valence electrons. The minimum absolute atomic E-state index is 0.0925. The van der Waals surface area contributed by atoms with E-state index >= 15 is 0 Å². The smallest absolute Gasteiger partial charge is 0.179 e. The Hall–Kier alpha value is -0.870. The second kappa shape index (κ2) is 3.61. The molecule has 1 atom stereocenters. The minimum Gasteiger partial charge on any atom is -0.330 e. The number of hydrogen-bond donors (Lipinski definition) is 1. The molecule has 0 bridgehead atoms. The lowest BCUT2D eigenvalue weighted by molar-refractivity contribution is 0.595. The van der Waals surface area contributed by atoms with Crippen LogP contribution in [0.1, 0.15) is 23.5 Å². The lowest BCUT2D eigenvalue weighted by atomic mass is 9.97. The van der Waals surface area contributed by atoms with Gasteiger partial charge in [0, 0.05) is 5.92 Å². The third kappa shape index (κ3) is 1.79. The molecule has 3 nitrogen and oxygen atoms in total. The Balaban J connectivity index is 2.53. The summed E-state index contributed by atoms with van der Waals surface area (Å²) in [4.78, 5) is 0.506. The van der Waals surface area contributed by atoms with Gasteiger partial charge in [-0.15, -0.1) is 0 Å². The molecule has 1 aliphatic rings. The molecule has 2 N–H and O–H groups in total. The van der Waals surface area contributed by atoms with E-state index in [-0.39, 0.29) is 11.7 Å². The lowest BCUT2D eigenvalue weighted by Crippen LogP contribution is -2.09. The van der Waals surface area contributed by atoms with Gasteiger partial charge in [0.05, 0.1) is 10.6 Å². The van der Waals surface area contributed by atoms with Crippen LogP contribution >= 0.6 is 0 Å². The van der Waals surface area contributed by atoms with Crippen molar-refractivity contribution in [1.29, 1.82) is 0 Å². The molecule has 0 aliphatic carbocycles. The summed E-state index contributed by atoms with van der Waals surface area (Å²) in [5.74, 6) is 0.318. The Morgan fingerprint density at radius 2 is 2.20 bits per heavy atom. The maximum absolute atomic E-state index is 11.8. The van der Waals surface area contributed by atoms with Crippen LogP contribution in [0.5, 0.6) is 0 Å². The van der Waals surface area contributed by atoms with Gasteiger partial charge in [-0.3, -0.25) is 0 Å². The Morgan fingerprint density at radius 3 is 2.87 bits per heavy atom. The van der Waals surface area contributed by atoms with E-state index in [1.807, 2.05) is 19.1 Å². The Kier molecular flexibility index (Phi) is 2.56. The number of fused-ring (bicyclic) bond motifs is 1. The van der Waals surface area contributed by atoms with E-state index < -0.39 is 9.84 Å². The Labute approximate surface area is 90.2 Å². The van der Waals surface area contributed by atoms with Crippen molar-refractivity contribution in [3.05, 3.63) is 29.3 Å². The van der Waals surface area contributed by atoms with Gasteiger partial charge in [0.2, 0.25) is 0 Å². The molecule has 1 aromatic rings. The molecule has 0 radical (unpaired) electrons. The second-order valence-corrected chi connectivity index (χ2v) is 6.10. The van der Waals surface area contributed by atoms with Crippen LogP contribution < -0.4 is 5.73 Å². The van der Waals surface area contributed by atoms with Crippen LogP contribution in [0.25, 0.3) is 0 Å². The molecule has 0 fully saturated rings. The molecule has 4 heteroatoms. The molecule has 0 spiro atoms. The van der Waals surface area contributed by atoms with Crippen molar-refractivity contribution >= 4 is 9.84 Å². The van der Waals surface area contributed by atoms with Crippen LogP contribution in [0.15, 0.2) is 23.1 Å². The Morgan fingerprint density at radius 1 is 1.47 bits per heavy atom. The van der Waals surface area contributed by atoms with Crippen molar-refractivity contribution in [2.45, 2.75) is 24.2 Å². The fourth-order valence-corrected chi connectivity index (χ4v) is 4.07. The van der Waals surface area contributed by atoms with E-state index in [1.165, 1.54) is 0 Å². The van der Waals surface area contributed by atoms with Crippen molar-refractivity contribution < 1.29 is 8.42 Å². The predicted molar refractivity (Wildman–Crippen MR) is 59.6 cm³/mol. The highest BCUT2D eigenvalue weighted by molar-refractivity contribution is 7.91. The number of nitrogens with two attached hydrogens (primary N) is 1. The van der Waals surface area contributed by atoms with E-state index in [1.54, 1.807) is 6.07 Å². The summed E-state index contributed by atoms with van der Waals surface area (Å²) in [6.07, 6.45) is 0.746. The van der Waals surface area contributed by atoms with Gasteiger partial charge in [-0.05, 0) is 31.5 Å². The first-order valence-corrected chi connectivity index (χ1v) is 6.73. The first-order valence-electron chi connectivity index (χ1n) is 5.08. The molecule has 0 amide bonds. The molecule has 0 aromatic heterocycles. The summed E-state index contributed by atoms with van der Waals surface area (Å²) in [6, 6.07) is 5.54. The molecule has 0 saturated heterocycles. The van der Waals surface area contributed by atoms with Crippen LogP contribution in [-0.4, -0.2) is 20.7 Å². The zero-order chi connectivity index (χ0) is 11.1. The highest BCUT2D eigenvalue weighted by Crippen LogP contribution is 2.36. The summed E-state index contributed by atoms with van der Waals surface area (Å²) in [6.45, 7) is 2.51. The maximum Gasteiger partial charge on any atom is 0.179 e. The van der Waals surface area contributed by atoms with Crippen LogP contribution in [0.4, 0.5) is 0 Å². The average molecular weight is 225 g/mol. The van der Waals surface area contributed by atoms with Gasteiger partial charge >= 0.3 is 0 Å². The van der Waals surface area contributed by atoms with Gasteiger partial charge in [-0.1, -0.05) is 17.7 Å². The van der Waals surface area contributed by atoms with E-state index in [9.17, 15) is 8.42 Å². The fraction of sp³-hybridized carbons (Fsp3) is 0.455. The summed E-state index contributed by atoms with van der Waals surface area (Å²) in [5, 5.41) is 0. The molecule has 1 aromatic carbocycles. The first kappa shape index (κ1) is 10.6. The highest BCUT2D eigenvalue weighted by atomic mass is 32.2. The van der Waals surface area contributed by atoms with Crippen molar-refractivity contribution in [2.24, 2.45) is 5.73 Å². The van der Waals surface area contributed by atoms with Crippen LogP contribution in [0.3, 0.4) is 0 Å². The van der Waals surface area contributed by atoms with Gasteiger partial charge in [0.1, 0.15) is 0 Å². The molecule has 2 rings (SSSR count). The number of sulfone groups is 1. The summed E-state index contributed by atoms with van der Waals surface area (Å²) in [7, 11) is -3.05. The number of hydrogen-bond acceptors (Lipinski definition) is 3. The molecule has 0 saturated carbocycles. The van der Waals surface area contributed by atoms with Gasteiger partial charge in [-0.25, -0.2) is 8.42 Å². The first-order chi connectivity index (χ1) is 7.04. The van der Waals surface area contributed by atoms with Crippen LogP contribution in [0.2, 0.25) is 0 Å². The van der Waals surface area contributed by atoms with E-state index in [0.717, 1.165) is 17.5 Å². The maximum atomic E-state index is 11.8. The van der Waals surface area contributed by atoms with Crippen molar-refractivity contribution in [1.82, 2.24) is 0 Å². The second-order valence-electron chi connectivity index (χ2n) is 4.10. The van der Waals surface area contributed by atoms with E-state index in [0.29, 0.717) is 11.4 Å². The van der Waals surface area contributed by atoms with Crippen LogP contribution in [0, 0.1) is 6.92 Å².